The summed E-state index contributed by atoms with van der Waals surface area (Å²) >= 11 is 0. The van der Waals surface area contributed by atoms with Gasteiger partial charge in [-0.1, -0.05) is 6.07 Å². The van der Waals surface area contributed by atoms with Crippen LogP contribution in [0.5, 0.6) is 0 Å². The highest BCUT2D eigenvalue weighted by Crippen LogP contribution is 2.18. The van der Waals surface area contributed by atoms with Gasteiger partial charge < -0.3 is 15.3 Å². The van der Waals surface area contributed by atoms with Crippen molar-refractivity contribution in [3.63, 3.8) is 0 Å². The average molecular weight is 279 g/mol. The van der Waals surface area contributed by atoms with E-state index in [-0.39, 0.29) is 17.3 Å². The SMILES string of the molecule is CC(C)N(CC(=O)O)C(=O)Nc1cccc(F)c1C#N. The fraction of sp³-hybridized carbons (Fsp3) is 0.308. The van der Waals surface area contributed by atoms with Crippen LogP contribution >= 0.6 is 0 Å². The molecule has 0 radical (unpaired) electrons. The van der Waals surface area contributed by atoms with Gasteiger partial charge in [-0.3, -0.25) is 4.79 Å². The Morgan fingerprint density at radius 3 is 2.65 bits per heavy atom. The molecular weight excluding hydrogens is 265 g/mol. The predicted octanol–water partition coefficient (Wildman–Crippen LogP) is 2.02. The lowest BCUT2D eigenvalue weighted by Gasteiger charge is -2.25. The first kappa shape index (κ1) is 15.4. The summed E-state index contributed by atoms with van der Waals surface area (Å²) in [5, 5.41) is 20.0. The fourth-order valence-electron chi connectivity index (χ4n) is 1.56. The smallest absolute Gasteiger partial charge is 0.323 e. The number of hydrogen-bond acceptors (Lipinski definition) is 3. The molecule has 2 N–H and O–H groups in total. The molecule has 7 heteroatoms. The van der Waals surface area contributed by atoms with Gasteiger partial charge in [0, 0.05) is 6.04 Å². The maximum Gasteiger partial charge on any atom is 0.323 e. The molecule has 106 valence electrons. The van der Waals surface area contributed by atoms with Crippen molar-refractivity contribution in [1.82, 2.24) is 4.90 Å². The van der Waals surface area contributed by atoms with Crippen LogP contribution in [-0.2, 0) is 4.79 Å². The third-order valence-corrected chi connectivity index (χ3v) is 2.56. The number of aliphatic carboxylic acids is 1. The molecule has 0 spiro atoms. The van der Waals surface area contributed by atoms with E-state index in [4.69, 9.17) is 10.4 Å². The van der Waals surface area contributed by atoms with Crippen LogP contribution in [0, 0.1) is 17.1 Å². The second-order valence-electron chi connectivity index (χ2n) is 4.32. The minimum atomic E-state index is -1.16. The van der Waals surface area contributed by atoms with Crippen LogP contribution in [0.3, 0.4) is 0 Å². The van der Waals surface area contributed by atoms with Gasteiger partial charge in [-0.15, -0.1) is 0 Å². The monoisotopic (exact) mass is 279 g/mol. The first-order valence-electron chi connectivity index (χ1n) is 5.84. The Hall–Kier alpha value is -2.62. The molecular formula is C13H14FN3O3. The third-order valence-electron chi connectivity index (χ3n) is 2.56. The molecule has 0 aromatic heterocycles. The molecule has 0 saturated carbocycles. The lowest BCUT2D eigenvalue weighted by molar-refractivity contribution is -0.137. The third kappa shape index (κ3) is 3.68. The predicted molar refractivity (Wildman–Crippen MR) is 69.6 cm³/mol. The van der Waals surface area contributed by atoms with Gasteiger partial charge in [0.2, 0.25) is 0 Å². The van der Waals surface area contributed by atoms with Crippen LogP contribution in [0.4, 0.5) is 14.9 Å². The summed E-state index contributed by atoms with van der Waals surface area (Å²) in [6.07, 6.45) is 0. The van der Waals surface area contributed by atoms with E-state index >= 15 is 0 Å². The van der Waals surface area contributed by atoms with Gasteiger partial charge in [0.15, 0.2) is 0 Å². The number of carbonyl (C=O) groups excluding carboxylic acids is 1. The van der Waals surface area contributed by atoms with Crippen LogP contribution in [0.25, 0.3) is 0 Å². The zero-order valence-corrected chi connectivity index (χ0v) is 11.1. The number of halogens is 1. The van der Waals surface area contributed by atoms with E-state index in [1.54, 1.807) is 19.9 Å². The molecule has 0 fully saturated rings. The molecule has 0 aliphatic carbocycles. The van der Waals surface area contributed by atoms with Gasteiger partial charge in [-0.25, -0.2) is 9.18 Å². The molecule has 1 aromatic carbocycles. The van der Waals surface area contributed by atoms with Crippen molar-refractivity contribution >= 4 is 17.7 Å². The number of nitrogens with zero attached hydrogens (tertiary/aromatic N) is 2. The van der Waals surface area contributed by atoms with Crippen molar-refractivity contribution in [2.45, 2.75) is 19.9 Å². The maximum absolute atomic E-state index is 13.4. The van der Waals surface area contributed by atoms with Gasteiger partial charge in [-0.05, 0) is 26.0 Å². The van der Waals surface area contributed by atoms with Crippen LogP contribution < -0.4 is 5.32 Å². The molecule has 0 heterocycles. The van der Waals surface area contributed by atoms with Crippen molar-refractivity contribution < 1.29 is 19.1 Å². The van der Waals surface area contributed by atoms with Gasteiger partial charge in [-0.2, -0.15) is 5.26 Å². The van der Waals surface area contributed by atoms with E-state index in [1.165, 1.54) is 12.1 Å². The summed E-state index contributed by atoms with van der Waals surface area (Å²) in [7, 11) is 0. The topological polar surface area (TPSA) is 93.4 Å². The molecule has 0 bridgehead atoms. The van der Waals surface area contributed by atoms with Gasteiger partial charge in [0.05, 0.1) is 5.69 Å². The second kappa shape index (κ2) is 6.52. The molecule has 2 amide bonds. The first-order chi connectivity index (χ1) is 9.36. The molecule has 1 rings (SSSR count). The number of hydrogen-bond donors (Lipinski definition) is 2. The first-order valence-corrected chi connectivity index (χ1v) is 5.84. The van der Waals surface area contributed by atoms with Crippen molar-refractivity contribution in [2.75, 3.05) is 11.9 Å². The molecule has 0 unspecified atom stereocenters. The van der Waals surface area contributed by atoms with E-state index in [0.717, 1.165) is 11.0 Å². The molecule has 0 aliphatic heterocycles. The Balaban J connectivity index is 2.97. The summed E-state index contributed by atoms with van der Waals surface area (Å²) in [6, 6.07) is 4.42. The lowest BCUT2D eigenvalue weighted by Crippen LogP contribution is -2.43. The van der Waals surface area contributed by atoms with Crippen LogP contribution in [0.15, 0.2) is 18.2 Å². The number of rotatable bonds is 4. The van der Waals surface area contributed by atoms with E-state index in [1.807, 2.05) is 0 Å². The summed E-state index contributed by atoms with van der Waals surface area (Å²) in [5.74, 6) is -1.91. The number of carboxylic acid groups (broad SMARTS) is 1. The van der Waals surface area contributed by atoms with E-state index in [9.17, 15) is 14.0 Å². The summed E-state index contributed by atoms with van der Waals surface area (Å²) in [6.45, 7) is 2.82. The number of benzene rings is 1. The van der Waals surface area contributed by atoms with Gasteiger partial charge in [0.25, 0.3) is 0 Å². The molecule has 1 aromatic rings. The zero-order chi connectivity index (χ0) is 15.3. The quantitative estimate of drug-likeness (QED) is 0.881. The lowest BCUT2D eigenvalue weighted by atomic mass is 10.2. The number of carbonyl (C=O) groups is 2. The van der Waals surface area contributed by atoms with Crippen LogP contribution in [0.1, 0.15) is 19.4 Å². The second-order valence-corrected chi connectivity index (χ2v) is 4.32. The number of carboxylic acids is 1. The van der Waals surface area contributed by atoms with Gasteiger partial charge in [0.1, 0.15) is 24.0 Å². The van der Waals surface area contributed by atoms with E-state index in [2.05, 4.69) is 5.32 Å². The van der Waals surface area contributed by atoms with Crippen LogP contribution in [0.2, 0.25) is 0 Å². The largest absolute Gasteiger partial charge is 0.480 e. The van der Waals surface area contributed by atoms with Crippen molar-refractivity contribution in [1.29, 1.82) is 5.26 Å². The summed E-state index contributed by atoms with van der Waals surface area (Å²) < 4.78 is 13.4. The Labute approximate surface area is 115 Å². The maximum atomic E-state index is 13.4. The molecule has 0 aliphatic rings. The molecule has 20 heavy (non-hydrogen) atoms. The van der Waals surface area contributed by atoms with Gasteiger partial charge >= 0.3 is 12.0 Å². The Kier molecular flexibility index (Phi) is 5.03. The number of amides is 2. The Bertz CT molecular complexity index is 566. The highest BCUT2D eigenvalue weighted by Gasteiger charge is 2.21. The van der Waals surface area contributed by atoms with Crippen molar-refractivity contribution in [3.8, 4) is 6.07 Å². The fourth-order valence-corrected chi connectivity index (χ4v) is 1.56. The normalized spacial score (nSPS) is 9.95. The highest BCUT2D eigenvalue weighted by atomic mass is 19.1. The molecule has 6 nitrogen and oxygen atoms in total. The standard InChI is InChI=1S/C13H14FN3O3/c1-8(2)17(7-12(18)19)13(20)16-11-5-3-4-10(14)9(11)6-15/h3-5,8H,7H2,1-2H3,(H,16,20)(H,18,19). The summed E-state index contributed by atoms with van der Waals surface area (Å²) in [4.78, 5) is 23.8. The van der Waals surface area contributed by atoms with Crippen molar-refractivity contribution in [3.05, 3.63) is 29.6 Å². The van der Waals surface area contributed by atoms with E-state index in [0.29, 0.717) is 0 Å². The number of nitriles is 1. The van der Waals surface area contributed by atoms with Crippen molar-refractivity contribution in [2.24, 2.45) is 0 Å². The molecule has 0 saturated heterocycles. The number of nitrogens with one attached hydrogen (secondary N) is 1. The Morgan fingerprint density at radius 1 is 1.50 bits per heavy atom. The number of anilines is 1. The highest BCUT2D eigenvalue weighted by molar-refractivity contribution is 5.92. The average Bonchev–Trinajstić information content (AvgIpc) is 2.35. The zero-order valence-electron chi connectivity index (χ0n) is 11.1. The number of urea groups is 1. The Morgan fingerprint density at radius 2 is 2.15 bits per heavy atom. The van der Waals surface area contributed by atoms with E-state index < -0.39 is 24.4 Å². The minimum Gasteiger partial charge on any atom is -0.480 e. The molecule has 0 atom stereocenters. The summed E-state index contributed by atoms with van der Waals surface area (Å²) in [5.41, 5.74) is -0.284. The minimum absolute atomic E-state index is 0.00791. The van der Waals surface area contributed by atoms with Crippen LogP contribution in [-0.4, -0.2) is 34.6 Å².